The van der Waals surface area contributed by atoms with Gasteiger partial charge in [0.15, 0.2) is 0 Å². The average molecular weight is 239 g/mol. The number of nitrogens with one attached hydrogen (secondary N) is 1. The van der Waals surface area contributed by atoms with Crippen LogP contribution >= 0.6 is 0 Å². The summed E-state index contributed by atoms with van der Waals surface area (Å²) >= 11 is 0. The average Bonchev–Trinajstić information content (AvgIpc) is 2.81. The number of carboxylic acid groups (broad SMARTS) is 1. The van der Waals surface area contributed by atoms with E-state index in [0.29, 0.717) is 18.5 Å². The van der Waals surface area contributed by atoms with Gasteiger partial charge in [-0.05, 0) is 44.4 Å². The van der Waals surface area contributed by atoms with Crippen LogP contribution in [0.5, 0.6) is 0 Å². The molecule has 0 aromatic rings. The smallest absolute Gasteiger partial charge is 0.310 e. The molecule has 0 aromatic heterocycles. The Labute approximate surface area is 104 Å². The zero-order chi connectivity index (χ0) is 12.3. The summed E-state index contributed by atoms with van der Waals surface area (Å²) in [7, 11) is 0. The van der Waals surface area contributed by atoms with E-state index in [4.69, 9.17) is 0 Å². The fraction of sp³-hybridized carbons (Fsp3) is 0.929. The van der Waals surface area contributed by atoms with Gasteiger partial charge in [0.25, 0.3) is 0 Å². The van der Waals surface area contributed by atoms with Crippen molar-refractivity contribution in [2.45, 2.75) is 64.3 Å². The predicted molar refractivity (Wildman–Crippen MR) is 68.0 cm³/mol. The second-order valence-corrected chi connectivity index (χ2v) is 6.13. The second kappa shape index (κ2) is 5.38. The first-order valence-corrected chi connectivity index (χ1v) is 7.09. The number of rotatable bonds is 4. The van der Waals surface area contributed by atoms with E-state index >= 15 is 0 Å². The van der Waals surface area contributed by atoms with Crippen LogP contribution < -0.4 is 5.32 Å². The van der Waals surface area contributed by atoms with Gasteiger partial charge >= 0.3 is 5.97 Å². The Hall–Kier alpha value is -0.570. The van der Waals surface area contributed by atoms with Crippen LogP contribution in [-0.4, -0.2) is 23.7 Å². The van der Waals surface area contributed by atoms with Crippen LogP contribution in [0.25, 0.3) is 0 Å². The molecule has 0 amide bonds. The van der Waals surface area contributed by atoms with Crippen molar-refractivity contribution in [3.8, 4) is 0 Å². The third-order valence-corrected chi connectivity index (χ3v) is 4.77. The van der Waals surface area contributed by atoms with Crippen molar-refractivity contribution in [1.82, 2.24) is 5.32 Å². The Balaban J connectivity index is 1.89. The van der Waals surface area contributed by atoms with Crippen LogP contribution in [0.4, 0.5) is 0 Å². The minimum absolute atomic E-state index is 0.477. The van der Waals surface area contributed by atoms with Crippen LogP contribution in [0.3, 0.4) is 0 Å². The molecule has 2 saturated carbocycles. The Bertz CT molecular complexity index is 263. The Morgan fingerprint density at radius 2 is 1.82 bits per heavy atom. The van der Waals surface area contributed by atoms with E-state index in [9.17, 15) is 9.90 Å². The third-order valence-electron chi connectivity index (χ3n) is 4.77. The maximum absolute atomic E-state index is 11.5. The first-order chi connectivity index (χ1) is 8.12. The van der Waals surface area contributed by atoms with Gasteiger partial charge in [0, 0.05) is 12.6 Å². The SMILES string of the molecule is CC1CCC(CNC2CCCC2)(C(=O)O)CC1. The van der Waals surface area contributed by atoms with Crippen molar-refractivity contribution in [3.63, 3.8) is 0 Å². The highest BCUT2D eigenvalue weighted by Crippen LogP contribution is 2.39. The van der Waals surface area contributed by atoms with Gasteiger partial charge < -0.3 is 10.4 Å². The van der Waals surface area contributed by atoms with E-state index in [1.807, 2.05) is 0 Å². The summed E-state index contributed by atoms with van der Waals surface area (Å²) in [6, 6.07) is 0.575. The quantitative estimate of drug-likeness (QED) is 0.793. The summed E-state index contributed by atoms with van der Waals surface area (Å²) < 4.78 is 0. The van der Waals surface area contributed by atoms with E-state index in [1.165, 1.54) is 25.7 Å². The number of carboxylic acids is 1. The van der Waals surface area contributed by atoms with E-state index in [-0.39, 0.29) is 0 Å². The summed E-state index contributed by atoms with van der Waals surface area (Å²) in [5, 5.41) is 13.0. The first kappa shape index (κ1) is 12.9. The molecule has 98 valence electrons. The molecule has 3 nitrogen and oxygen atoms in total. The number of hydrogen-bond acceptors (Lipinski definition) is 2. The standard InChI is InChI=1S/C14H25NO2/c1-11-6-8-14(9-7-11,13(16)17)10-15-12-4-2-3-5-12/h11-12,15H,2-10H2,1H3,(H,16,17). The molecule has 3 heteroatoms. The molecule has 0 bridgehead atoms. The Morgan fingerprint density at radius 3 is 2.35 bits per heavy atom. The predicted octanol–water partition coefficient (Wildman–Crippen LogP) is 2.80. The van der Waals surface area contributed by atoms with Gasteiger partial charge in [0.1, 0.15) is 0 Å². The third kappa shape index (κ3) is 3.01. The van der Waals surface area contributed by atoms with E-state index in [2.05, 4.69) is 12.2 Å². The highest BCUT2D eigenvalue weighted by atomic mass is 16.4. The van der Waals surface area contributed by atoms with Gasteiger partial charge in [-0.25, -0.2) is 0 Å². The van der Waals surface area contributed by atoms with Crippen LogP contribution in [0, 0.1) is 11.3 Å². The van der Waals surface area contributed by atoms with Crippen LogP contribution in [0.2, 0.25) is 0 Å². The molecule has 0 spiro atoms. The molecule has 17 heavy (non-hydrogen) atoms. The lowest BCUT2D eigenvalue weighted by molar-refractivity contribution is -0.151. The lowest BCUT2D eigenvalue weighted by Gasteiger charge is -2.36. The lowest BCUT2D eigenvalue weighted by Crippen LogP contribution is -2.45. The molecule has 0 aromatic carbocycles. The maximum Gasteiger partial charge on any atom is 0.310 e. The molecule has 0 unspecified atom stereocenters. The molecule has 2 rings (SSSR count). The highest BCUT2D eigenvalue weighted by Gasteiger charge is 2.41. The van der Waals surface area contributed by atoms with Gasteiger partial charge in [0.2, 0.25) is 0 Å². The monoisotopic (exact) mass is 239 g/mol. The molecule has 0 atom stereocenters. The number of carbonyl (C=O) groups is 1. The van der Waals surface area contributed by atoms with E-state index < -0.39 is 11.4 Å². The van der Waals surface area contributed by atoms with Crippen LogP contribution in [-0.2, 0) is 4.79 Å². The van der Waals surface area contributed by atoms with Gasteiger partial charge in [-0.3, -0.25) is 4.79 Å². The van der Waals surface area contributed by atoms with Gasteiger partial charge in [-0.15, -0.1) is 0 Å². The van der Waals surface area contributed by atoms with Crippen molar-refractivity contribution < 1.29 is 9.90 Å². The summed E-state index contributed by atoms with van der Waals surface area (Å²) in [5.74, 6) is 0.115. The fourth-order valence-corrected chi connectivity index (χ4v) is 3.25. The number of hydrogen-bond donors (Lipinski definition) is 2. The summed E-state index contributed by atoms with van der Waals surface area (Å²) in [6.45, 7) is 2.91. The summed E-state index contributed by atoms with van der Waals surface area (Å²) in [4.78, 5) is 11.5. The molecule has 0 heterocycles. The first-order valence-electron chi connectivity index (χ1n) is 7.09. The maximum atomic E-state index is 11.5. The molecule has 2 fully saturated rings. The largest absolute Gasteiger partial charge is 0.481 e. The molecule has 0 saturated heterocycles. The van der Waals surface area contributed by atoms with Gasteiger partial charge in [-0.2, -0.15) is 0 Å². The summed E-state index contributed by atoms with van der Waals surface area (Å²) in [5.41, 5.74) is -0.477. The molecule has 0 radical (unpaired) electrons. The van der Waals surface area contributed by atoms with E-state index in [1.54, 1.807) is 0 Å². The Kier molecular flexibility index (Phi) is 4.08. The minimum atomic E-state index is -0.588. The van der Waals surface area contributed by atoms with Crippen molar-refractivity contribution in [3.05, 3.63) is 0 Å². The topological polar surface area (TPSA) is 49.3 Å². The van der Waals surface area contributed by atoms with Crippen molar-refractivity contribution in [2.75, 3.05) is 6.54 Å². The minimum Gasteiger partial charge on any atom is -0.481 e. The Morgan fingerprint density at radius 1 is 1.24 bits per heavy atom. The number of aliphatic carboxylic acids is 1. The van der Waals surface area contributed by atoms with Crippen molar-refractivity contribution >= 4 is 5.97 Å². The molecular weight excluding hydrogens is 214 g/mol. The second-order valence-electron chi connectivity index (χ2n) is 6.13. The van der Waals surface area contributed by atoms with Crippen molar-refractivity contribution in [1.29, 1.82) is 0 Å². The van der Waals surface area contributed by atoms with Crippen LogP contribution in [0.1, 0.15) is 58.3 Å². The zero-order valence-corrected chi connectivity index (χ0v) is 10.9. The lowest BCUT2D eigenvalue weighted by atomic mass is 9.70. The highest BCUT2D eigenvalue weighted by molar-refractivity contribution is 5.75. The van der Waals surface area contributed by atoms with Crippen molar-refractivity contribution in [2.24, 2.45) is 11.3 Å². The fourth-order valence-electron chi connectivity index (χ4n) is 3.25. The zero-order valence-electron chi connectivity index (χ0n) is 10.9. The van der Waals surface area contributed by atoms with Crippen LogP contribution in [0.15, 0.2) is 0 Å². The van der Waals surface area contributed by atoms with E-state index in [0.717, 1.165) is 25.7 Å². The summed E-state index contributed by atoms with van der Waals surface area (Å²) in [6.07, 6.45) is 8.89. The van der Waals surface area contributed by atoms with Gasteiger partial charge in [-0.1, -0.05) is 19.8 Å². The van der Waals surface area contributed by atoms with Gasteiger partial charge in [0.05, 0.1) is 5.41 Å². The molecular formula is C14H25NO2. The molecule has 2 aliphatic carbocycles. The molecule has 2 N–H and O–H groups in total. The molecule has 0 aliphatic heterocycles. The normalized spacial score (nSPS) is 35.0. The molecule has 2 aliphatic rings.